The van der Waals surface area contributed by atoms with E-state index in [2.05, 4.69) is 15.2 Å². The Morgan fingerprint density at radius 3 is 2.66 bits per heavy atom. The number of hydrogen-bond donors (Lipinski definition) is 1. The smallest absolute Gasteiger partial charge is 0.416 e. The Morgan fingerprint density at radius 1 is 1.28 bits per heavy atom. The fourth-order valence-electron chi connectivity index (χ4n) is 3.70. The van der Waals surface area contributed by atoms with Gasteiger partial charge >= 0.3 is 6.18 Å². The molecular formula is C21H26F3N3O2. The van der Waals surface area contributed by atoms with E-state index in [9.17, 15) is 18.0 Å². The topological polar surface area (TPSA) is 58.4 Å². The predicted molar refractivity (Wildman–Crippen MR) is 103 cm³/mol. The molecule has 3 rings (SSSR count). The third kappa shape index (κ3) is 5.59. The van der Waals surface area contributed by atoms with Crippen LogP contribution in [0.4, 0.5) is 13.2 Å². The van der Waals surface area contributed by atoms with Crippen LogP contribution < -0.4 is 5.32 Å². The Kier molecular flexibility index (Phi) is 6.62. The summed E-state index contributed by atoms with van der Waals surface area (Å²) in [5.74, 6) is 0.977. The van der Waals surface area contributed by atoms with Crippen LogP contribution in [0.5, 0.6) is 0 Å². The Hall–Kier alpha value is -2.35. The van der Waals surface area contributed by atoms with Gasteiger partial charge in [0, 0.05) is 31.6 Å². The van der Waals surface area contributed by atoms with Crippen molar-refractivity contribution < 1.29 is 22.4 Å². The van der Waals surface area contributed by atoms with Gasteiger partial charge in [-0.05, 0) is 57.0 Å². The molecule has 1 aromatic carbocycles. The van der Waals surface area contributed by atoms with Gasteiger partial charge in [0.2, 0.25) is 11.8 Å². The number of oxazole rings is 1. The summed E-state index contributed by atoms with van der Waals surface area (Å²) in [6.45, 7) is 5.56. The van der Waals surface area contributed by atoms with Crippen molar-refractivity contribution in [3.8, 4) is 11.5 Å². The van der Waals surface area contributed by atoms with Gasteiger partial charge in [0.05, 0.1) is 11.3 Å². The highest BCUT2D eigenvalue weighted by Crippen LogP contribution is 2.31. The van der Waals surface area contributed by atoms with E-state index in [1.807, 2.05) is 6.92 Å². The third-order valence-electron chi connectivity index (χ3n) is 5.31. The number of likely N-dealkylation sites (tertiary alicyclic amines) is 1. The first-order valence-electron chi connectivity index (χ1n) is 9.86. The number of piperidine rings is 1. The van der Waals surface area contributed by atoms with Gasteiger partial charge in [-0.2, -0.15) is 13.2 Å². The van der Waals surface area contributed by atoms with Crippen LogP contribution >= 0.6 is 0 Å². The first-order valence-corrected chi connectivity index (χ1v) is 9.86. The van der Waals surface area contributed by atoms with E-state index in [-0.39, 0.29) is 5.91 Å². The second-order valence-corrected chi connectivity index (χ2v) is 7.49. The molecule has 1 saturated heterocycles. The molecule has 1 aromatic heterocycles. The largest absolute Gasteiger partial charge is 0.441 e. The fourth-order valence-corrected chi connectivity index (χ4v) is 3.70. The number of amides is 1. The van der Waals surface area contributed by atoms with E-state index < -0.39 is 11.7 Å². The second-order valence-electron chi connectivity index (χ2n) is 7.49. The van der Waals surface area contributed by atoms with Crippen molar-refractivity contribution in [2.45, 2.75) is 58.3 Å². The Balaban J connectivity index is 1.69. The molecule has 0 radical (unpaired) electrons. The van der Waals surface area contributed by atoms with Gasteiger partial charge in [0.15, 0.2) is 0 Å². The molecule has 0 saturated carbocycles. The summed E-state index contributed by atoms with van der Waals surface area (Å²) in [5.41, 5.74) is 0.625. The zero-order chi connectivity index (χ0) is 21.0. The normalized spacial score (nSPS) is 18.0. The lowest BCUT2D eigenvalue weighted by atomic mass is 9.99. The van der Waals surface area contributed by atoms with E-state index in [1.54, 1.807) is 0 Å². The van der Waals surface area contributed by atoms with Crippen LogP contribution in [0, 0.1) is 6.92 Å². The molecule has 1 amide bonds. The Labute approximate surface area is 168 Å². The number of carbonyl (C=O) groups excluding carboxylic acids is 1. The van der Waals surface area contributed by atoms with Gasteiger partial charge in [-0.1, -0.05) is 6.42 Å². The molecule has 8 heteroatoms. The number of nitrogens with one attached hydrogen (secondary N) is 1. The minimum atomic E-state index is -4.36. The molecule has 1 aliphatic heterocycles. The molecule has 158 valence electrons. The lowest BCUT2D eigenvalue weighted by molar-refractivity contribution is -0.137. The van der Waals surface area contributed by atoms with E-state index in [0.29, 0.717) is 36.3 Å². The van der Waals surface area contributed by atoms with Gasteiger partial charge in [0.1, 0.15) is 5.76 Å². The van der Waals surface area contributed by atoms with Crippen molar-refractivity contribution in [1.82, 2.24) is 15.2 Å². The number of benzene rings is 1. The maximum atomic E-state index is 12.8. The zero-order valence-electron chi connectivity index (χ0n) is 16.7. The highest BCUT2D eigenvalue weighted by molar-refractivity contribution is 5.72. The van der Waals surface area contributed by atoms with Crippen molar-refractivity contribution in [3.05, 3.63) is 41.3 Å². The summed E-state index contributed by atoms with van der Waals surface area (Å²) in [4.78, 5) is 18.0. The second kappa shape index (κ2) is 8.98. The molecule has 1 fully saturated rings. The molecule has 0 aliphatic carbocycles. The average Bonchev–Trinajstić information content (AvgIpc) is 3.03. The first kappa shape index (κ1) is 21.4. The van der Waals surface area contributed by atoms with Crippen LogP contribution in [0.15, 0.2) is 28.7 Å². The maximum absolute atomic E-state index is 12.8. The van der Waals surface area contributed by atoms with Crippen molar-refractivity contribution in [2.75, 3.05) is 13.1 Å². The number of halogens is 3. The lowest BCUT2D eigenvalue weighted by Crippen LogP contribution is -2.41. The molecule has 5 nitrogen and oxygen atoms in total. The SMILES string of the molecule is CC(=O)NCCC1CCCCN1Cc1nc(-c2ccc(C(F)(F)F)cc2)oc1C. The first-order chi connectivity index (χ1) is 13.7. The maximum Gasteiger partial charge on any atom is 0.416 e. The Morgan fingerprint density at radius 2 is 2.00 bits per heavy atom. The number of alkyl halides is 3. The third-order valence-corrected chi connectivity index (χ3v) is 5.31. The zero-order valence-corrected chi connectivity index (χ0v) is 16.7. The summed E-state index contributed by atoms with van der Waals surface area (Å²) in [7, 11) is 0. The number of aryl methyl sites for hydroxylation is 1. The van der Waals surface area contributed by atoms with Crippen molar-refractivity contribution in [3.63, 3.8) is 0 Å². The summed E-state index contributed by atoms with van der Waals surface area (Å²) in [6.07, 6.45) is -0.143. The molecule has 2 heterocycles. The van der Waals surface area contributed by atoms with Crippen LogP contribution in [0.3, 0.4) is 0 Å². The number of carbonyl (C=O) groups is 1. The van der Waals surface area contributed by atoms with Crippen LogP contribution in [0.25, 0.3) is 11.5 Å². The molecule has 1 atom stereocenters. The summed E-state index contributed by atoms with van der Waals surface area (Å²) in [5, 5.41) is 2.85. The summed E-state index contributed by atoms with van der Waals surface area (Å²) in [6, 6.07) is 5.21. The van der Waals surface area contributed by atoms with Crippen molar-refractivity contribution >= 4 is 5.91 Å². The monoisotopic (exact) mass is 409 g/mol. The molecular weight excluding hydrogens is 383 g/mol. The van der Waals surface area contributed by atoms with E-state index in [4.69, 9.17) is 4.42 Å². The average molecular weight is 409 g/mol. The summed E-state index contributed by atoms with van der Waals surface area (Å²) < 4.78 is 44.0. The van der Waals surface area contributed by atoms with Gasteiger partial charge in [-0.25, -0.2) is 4.98 Å². The molecule has 29 heavy (non-hydrogen) atoms. The number of hydrogen-bond acceptors (Lipinski definition) is 4. The van der Waals surface area contributed by atoms with Crippen molar-refractivity contribution in [2.24, 2.45) is 0 Å². The Bertz CT molecular complexity index is 831. The van der Waals surface area contributed by atoms with Crippen molar-refractivity contribution in [1.29, 1.82) is 0 Å². The number of aromatic nitrogens is 1. The van der Waals surface area contributed by atoms with Crippen LogP contribution in [0.1, 0.15) is 49.6 Å². The van der Waals surface area contributed by atoms with E-state index in [1.165, 1.54) is 19.1 Å². The lowest BCUT2D eigenvalue weighted by Gasteiger charge is -2.35. The molecule has 2 aromatic rings. The molecule has 1 unspecified atom stereocenters. The highest BCUT2D eigenvalue weighted by atomic mass is 19.4. The minimum Gasteiger partial charge on any atom is -0.441 e. The quantitative estimate of drug-likeness (QED) is 0.761. The standard InChI is InChI=1S/C21H26F3N3O2/c1-14-19(13-27-12-4-3-5-18(27)10-11-25-15(2)28)26-20(29-14)16-6-8-17(9-7-16)21(22,23)24/h6-9,18H,3-5,10-13H2,1-2H3,(H,25,28). The fraction of sp³-hybridized carbons (Fsp3) is 0.524. The van der Waals surface area contributed by atoms with Gasteiger partial charge in [-0.3, -0.25) is 9.69 Å². The van der Waals surface area contributed by atoms with E-state index >= 15 is 0 Å². The molecule has 1 N–H and O–H groups in total. The van der Waals surface area contributed by atoms with E-state index in [0.717, 1.165) is 50.1 Å². The molecule has 1 aliphatic rings. The number of nitrogens with zero attached hydrogens (tertiary/aromatic N) is 2. The predicted octanol–water partition coefficient (Wildman–Crippen LogP) is 4.55. The molecule has 0 spiro atoms. The van der Waals surface area contributed by atoms with Gasteiger partial charge in [-0.15, -0.1) is 0 Å². The van der Waals surface area contributed by atoms with Crippen LogP contribution in [0.2, 0.25) is 0 Å². The van der Waals surface area contributed by atoms with Crippen LogP contribution in [-0.4, -0.2) is 34.9 Å². The number of rotatable bonds is 6. The summed E-state index contributed by atoms with van der Waals surface area (Å²) >= 11 is 0. The molecule has 0 bridgehead atoms. The van der Waals surface area contributed by atoms with Gasteiger partial charge < -0.3 is 9.73 Å². The van der Waals surface area contributed by atoms with Gasteiger partial charge in [0.25, 0.3) is 0 Å². The highest BCUT2D eigenvalue weighted by Gasteiger charge is 2.30. The minimum absolute atomic E-state index is 0.0270. The van der Waals surface area contributed by atoms with Crippen LogP contribution in [-0.2, 0) is 17.5 Å².